The summed E-state index contributed by atoms with van der Waals surface area (Å²) in [4.78, 5) is 25.9. The zero-order chi connectivity index (χ0) is 18.5. The lowest BCUT2D eigenvalue weighted by Crippen LogP contribution is -2.44. The predicted octanol–water partition coefficient (Wildman–Crippen LogP) is 3.83. The van der Waals surface area contributed by atoms with Crippen molar-refractivity contribution in [1.29, 1.82) is 0 Å². The normalized spacial score (nSPS) is 17.0. The molecule has 0 radical (unpaired) electrons. The molecule has 2 aromatic rings. The van der Waals surface area contributed by atoms with Crippen LogP contribution >= 0.6 is 0 Å². The number of aliphatic carboxylic acids is 1. The molecule has 1 saturated heterocycles. The summed E-state index contributed by atoms with van der Waals surface area (Å²) >= 11 is 0. The van der Waals surface area contributed by atoms with Crippen LogP contribution in [0.15, 0.2) is 48.5 Å². The predicted molar refractivity (Wildman–Crippen MR) is 99.4 cm³/mol. The van der Waals surface area contributed by atoms with Crippen molar-refractivity contribution in [3.63, 3.8) is 0 Å². The standard InChI is InChI=1S/C21H23NO4/c1-26-19-10-5-7-16(13-19)15-6-4-8-17(12-15)21(25)22-11-3-2-9-18(22)14-20(23)24/h4-8,10,12-13,18H,2-3,9,11,14H2,1H3,(H,23,24). The Morgan fingerprint density at radius 2 is 1.85 bits per heavy atom. The highest BCUT2D eigenvalue weighted by Gasteiger charge is 2.29. The summed E-state index contributed by atoms with van der Waals surface area (Å²) in [5.41, 5.74) is 2.49. The zero-order valence-corrected chi connectivity index (χ0v) is 14.9. The third kappa shape index (κ3) is 4.04. The van der Waals surface area contributed by atoms with Gasteiger partial charge in [0.15, 0.2) is 0 Å². The van der Waals surface area contributed by atoms with Crippen LogP contribution in [-0.4, -0.2) is 41.6 Å². The number of ether oxygens (including phenoxy) is 1. The van der Waals surface area contributed by atoms with Crippen molar-refractivity contribution < 1.29 is 19.4 Å². The number of carbonyl (C=O) groups excluding carboxylic acids is 1. The third-order valence-corrected chi connectivity index (χ3v) is 4.81. The molecule has 1 aliphatic rings. The topological polar surface area (TPSA) is 66.8 Å². The lowest BCUT2D eigenvalue weighted by Gasteiger charge is -2.35. The molecule has 1 unspecified atom stereocenters. The summed E-state index contributed by atoms with van der Waals surface area (Å²) in [6, 6.07) is 14.9. The number of hydrogen-bond donors (Lipinski definition) is 1. The minimum absolute atomic E-state index is 0.00130. The van der Waals surface area contributed by atoms with E-state index in [0.29, 0.717) is 12.1 Å². The average molecular weight is 353 g/mol. The van der Waals surface area contributed by atoms with E-state index in [4.69, 9.17) is 9.84 Å². The van der Waals surface area contributed by atoms with Crippen LogP contribution in [0.1, 0.15) is 36.0 Å². The summed E-state index contributed by atoms with van der Waals surface area (Å²) in [7, 11) is 1.62. The fourth-order valence-corrected chi connectivity index (χ4v) is 3.48. The van der Waals surface area contributed by atoms with Crippen molar-refractivity contribution in [1.82, 2.24) is 4.90 Å². The lowest BCUT2D eigenvalue weighted by atomic mass is 9.97. The molecule has 1 atom stereocenters. The summed E-state index contributed by atoms with van der Waals surface area (Å²) in [6.45, 7) is 0.611. The minimum Gasteiger partial charge on any atom is -0.497 e. The van der Waals surface area contributed by atoms with Crippen molar-refractivity contribution in [2.75, 3.05) is 13.7 Å². The molecule has 1 aliphatic heterocycles. The van der Waals surface area contributed by atoms with Crippen LogP contribution in [0.2, 0.25) is 0 Å². The molecule has 5 nitrogen and oxygen atoms in total. The molecule has 3 rings (SSSR count). The van der Waals surface area contributed by atoms with Crippen molar-refractivity contribution in [2.45, 2.75) is 31.7 Å². The molecule has 2 aromatic carbocycles. The van der Waals surface area contributed by atoms with Gasteiger partial charge in [0.2, 0.25) is 0 Å². The molecular weight excluding hydrogens is 330 g/mol. The summed E-state index contributed by atoms with van der Waals surface area (Å²) in [6.07, 6.45) is 2.62. The molecule has 1 N–H and O–H groups in total. The second kappa shape index (κ2) is 8.04. The van der Waals surface area contributed by atoms with Gasteiger partial charge in [-0.15, -0.1) is 0 Å². The van der Waals surface area contributed by atoms with Crippen LogP contribution in [0.3, 0.4) is 0 Å². The quantitative estimate of drug-likeness (QED) is 0.887. The van der Waals surface area contributed by atoms with Gasteiger partial charge in [-0.3, -0.25) is 9.59 Å². The SMILES string of the molecule is COc1cccc(-c2cccc(C(=O)N3CCCCC3CC(=O)O)c2)c1. The van der Waals surface area contributed by atoms with Crippen LogP contribution < -0.4 is 4.74 Å². The van der Waals surface area contributed by atoms with Crippen LogP contribution in [0, 0.1) is 0 Å². The Hall–Kier alpha value is -2.82. The molecule has 5 heteroatoms. The molecule has 1 heterocycles. The maximum Gasteiger partial charge on any atom is 0.305 e. The second-order valence-electron chi connectivity index (χ2n) is 6.56. The number of nitrogens with zero attached hydrogens (tertiary/aromatic N) is 1. The number of likely N-dealkylation sites (tertiary alicyclic amines) is 1. The van der Waals surface area contributed by atoms with Gasteiger partial charge in [-0.05, 0) is 54.7 Å². The first-order valence-corrected chi connectivity index (χ1v) is 8.86. The van der Waals surface area contributed by atoms with E-state index in [1.165, 1.54) is 0 Å². The van der Waals surface area contributed by atoms with Crippen LogP contribution in [0.5, 0.6) is 5.75 Å². The Balaban J connectivity index is 1.86. The fraction of sp³-hybridized carbons (Fsp3) is 0.333. The van der Waals surface area contributed by atoms with Crippen LogP contribution in [-0.2, 0) is 4.79 Å². The number of carbonyl (C=O) groups is 2. The van der Waals surface area contributed by atoms with Crippen molar-refractivity contribution >= 4 is 11.9 Å². The molecule has 0 aliphatic carbocycles. The highest BCUT2D eigenvalue weighted by molar-refractivity contribution is 5.96. The summed E-state index contributed by atoms with van der Waals surface area (Å²) in [5.74, 6) is -0.197. The van der Waals surface area contributed by atoms with Gasteiger partial charge < -0.3 is 14.7 Å². The Labute approximate surface area is 153 Å². The van der Waals surface area contributed by atoms with Crippen molar-refractivity contribution in [3.8, 4) is 16.9 Å². The number of hydrogen-bond acceptors (Lipinski definition) is 3. The monoisotopic (exact) mass is 353 g/mol. The van der Waals surface area contributed by atoms with E-state index in [-0.39, 0.29) is 18.4 Å². The fourth-order valence-electron chi connectivity index (χ4n) is 3.48. The van der Waals surface area contributed by atoms with Gasteiger partial charge in [-0.2, -0.15) is 0 Å². The number of carboxylic acids is 1. The minimum atomic E-state index is -0.861. The van der Waals surface area contributed by atoms with E-state index in [0.717, 1.165) is 36.1 Å². The van der Waals surface area contributed by atoms with Crippen molar-refractivity contribution in [2.24, 2.45) is 0 Å². The van der Waals surface area contributed by atoms with E-state index in [9.17, 15) is 9.59 Å². The molecule has 0 saturated carbocycles. The van der Waals surface area contributed by atoms with Gasteiger partial charge in [0.25, 0.3) is 5.91 Å². The molecule has 1 fully saturated rings. The lowest BCUT2D eigenvalue weighted by molar-refractivity contribution is -0.138. The Morgan fingerprint density at radius 3 is 2.58 bits per heavy atom. The maximum atomic E-state index is 13.0. The number of carboxylic acid groups (broad SMARTS) is 1. The molecule has 0 bridgehead atoms. The molecule has 0 spiro atoms. The Bertz CT molecular complexity index is 802. The number of rotatable bonds is 5. The van der Waals surface area contributed by atoms with Gasteiger partial charge >= 0.3 is 5.97 Å². The van der Waals surface area contributed by atoms with Gasteiger partial charge in [0.1, 0.15) is 5.75 Å². The van der Waals surface area contributed by atoms with E-state index >= 15 is 0 Å². The average Bonchev–Trinajstić information content (AvgIpc) is 2.67. The zero-order valence-electron chi connectivity index (χ0n) is 14.9. The summed E-state index contributed by atoms with van der Waals surface area (Å²) < 4.78 is 5.27. The number of piperidine rings is 1. The number of benzene rings is 2. The molecule has 0 aromatic heterocycles. The second-order valence-corrected chi connectivity index (χ2v) is 6.56. The maximum absolute atomic E-state index is 13.0. The highest BCUT2D eigenvalue weighted by Crippen LogP contribution is 2.27. The number of amides is 1. The van der Waals surface area contributed by atoms with Gasteiger partial charge in [0, 0.05) is 18.2 Å². The highest BCUT2D eigenvalue weighted by atomic mass is 16.5. The first kappa shape index (κ1) is 18.0. The Kier molecular flexibility index (Phi) is 5.56. The van der Waals surface area contributed by atoms with E-state index < -0.39 is 5.97 Å². The molecule has 1 amide bonds. The van der Waals surface area contributed by atoms with Gasteiger partial charge in [0.05, 0.1) is 13.5 Å². The smallest absolute Gasteiger partial charge is 0.305 e. The van der Waals surface area contributed by atoms with Crippen LogP contribution in [0.25, 0.3) is 11.1 Å². The van der Waals surface area contributed by atoms with E-state index in [1.807, 2.05) is 42.5 Å². The summed E-state index contributed by atoms with van der Waals surface area (Å²) in [5, 5.41) is 9.13. The van der Waals surface area contributed by atoms with Gasteiger partial charge in [-0.1, -0.05) is 24.3 Å². The van der Waals surface area contributed by atoms with E-state index in [1.54, 1.807) is 18.1 Å². The van der Waals surface area contributed by atoms with Crippen LogP contribution in [0.4, 0.5) is 0 Å². The first-order chi connectivity index (χ1) is 12.6. The van der Waals surface area contributed by atoms with Gasteiger partial charge in [-0.25, -0.2) is 0 Å². The third-order valence-electron chi connectivity index (χ3n) is 4.81. The van der Waals surface area contributed by atoms with E-state index in [2.05, 4.69) is 0 Å². The molecule has 26 heavy (non-hydrogen) atoms. The Morgan fingerprint density at radius 1 is 1.12 bits per heavy atom. The molecule has 136 valence electrons. The van der Waals surface area contributed by atoms with Crippen molar-refractivity contribution in [3.05, 3.63) is 54.1 Å². The largest absolute Gasteiger partial charge is 0.497 e. The molecular formula is C21H23NO4. The first-order valence-electron chi connectivity index (χ1n) is 8.86. The number of methoxy groups -OCH3 is 1.